The number of carboxylic acid groups (broad SMARTS) is 1. The molecule has 1 fully saturated rings. The fraction of sp³-hybridized carbons (Fsp3) is 0.261. The molecule has 8 nitrogen and oxygen atoms in total. The Morgan fingerprint density at radius 3 is 2.64 bits per heavy atom. The molecule has 0 saturated heterocycles. The fourth-order valence-corrected chi connectivity index (χ4v) is 3.51. The van der Waals surface area contributed by atoms with Crippen molar-refractivity contribution in [3.05, 3.63) is 70.1 Å². The van der Waals surface area contributed by atoms with Crippen LogP contribution in [0, 0.1) is 5.82 Å². The number of carbonyl (C=O) groups is 2. The average molecular weight is 472 g/mol. The lowest BCUT2D eigenvalue weighted by molar-refractivity contribution is 0.0981. The van der Waals surface area contributed by atoms with Crippen molar-refractivity contribution in [2.24, 2.45) is 7.05 Å². The molecule has 2 amide bonds. The molecule has 1 saturated carbocycles. The maximum absolute atomic E-state index is 14.7. The van der Waals surface area contributed by atoms with Gasteiger partial charge in [0.25, 0.3) is 5.91 Å². The van der Waals surface area contributed by atoms with Crippen LogP contribution in [0.3, 0.4) is 0 Å². The van der Waals surface area contributed by atoms with E-state index in [0.29, 0.717) is 27.8 Å². The molecule has 10 heteroatoms. The van der Waals surface area contributed by atoms with Crippen LogP contribution in [-0.4, -0.2) is 26.9 Å². The van der Waals surface area contributed by atoms with Crippen LogP contribution < -0.4 is 15.5 Å². The lowest BCUT2D eigenvalue weighted by Crippen LogP contribution is -2.30. The van der Waals surface area contributed by atoms with Gasteiger partial charge in [0.2, 0.25) is 0 Å². The number of hydrogen-bond donors (Lipinski definition) is 3. The van der Waals surface area contributed by atoms with Crippen molar-refractivity contribution in [1.29, 1.82) is 0 Å². The number of aryl methyl sites for hydroxylation is 1. The Morgan fingerprint density at radius 1 is 1.21 bits per heavy atom. The Labute approximate surface area is 195 Å². The third-order valence-corrected chi connectivity index (χ3v) is 5.39. The molecule has 0 bridgehead atoms. The van der Waals surface area contributed by atoms with E-state index in [4.69, 9.17) is 16.7 Å². The predicted molar refractivity (Wildman–Crippen MR) is 124 cm³/mol. The minimum Gasteiger partial charge on any atom is -0.465 e. The van der Waals surface area contributed by atoms with E-state index in [2.05, 4.69) is 15.7 Å². The predicted octanol–water partition coefficient (Wildman–Crippen LogP) is 5.05. The van der Waals surface area contributed by atoms with Crippen LogP contribution in [-0.2, 0) is 20.1 Å². The normalized spacial score (nSPS) is 13.5. The SMILES string of the molecule is C1CC1.Cn1ncc2c1Nc1cc(Cl)ccc1N(C(=O)c1ccc(CNC(=O)O)cc1F)C2. The zero-order chi connectivity index (χ0) is 23.5. The van der Waals surface area contributed by atoms with Crippen LogP contribution in [0.25, 0.3) is 0 Å². The van der Waals surface area contributed by atoms with Crippen LogP contribution in [0.15, 0.2) is 42.6 Å². The lowest BCUT2D eigenvalue weighted by atomic mass is 10.1. The smallest absolute Gasteiger partial charge is 0.404 e. The topological polar surface area (TPSA) is 99.5 Å². The molecule has 5 rings (SSSR count). The number of nitrogens with zero attached hydrogens (tertiary/aromatic N) is 3. The second-order valence-electron chi connectivity index (χ2n) is 7.85. The van der Waals surface area contributed by atoms with Crippen molar-refractivity contribution in [3.63, 3.8) is 0 Å². The van der Waals surface area contributed by atoms with Gasteiger partial charge in [-0.15, -0.1) is 0 Å². The number of amides is 2. The Balaban J connectivity index is 0.000000799. The molecule has 33 heavy (non-hydrogen) atoms. The molecule has 2 aromatic carbocycles. The molecule has 0 spiro atoms. The zero-order valence-corrected chi connectivity index (χ0v) is 18.7. The molecule has 0 atom stereocenters. The molecule has 2 heterocycles. The van der Waals surface area contributed by atoms with E-state index in [9.17, 15) is 14.0 Å². The van der Waals surface area contributed by atoms with Crippen LogP contribution in [0.1, 0.15) is 40.7 Å². The van der Waals surface area contributed by atoms with E-state index in [-0.39, 0.29) is 18.7 Å². The summed E-state index contributed by atoms with van der Waals surface area (Å²) in [6.07, 6.45) is 4.93. The average Bonchev–Trinajstić information content (AvgIpc) is 3.63. The van der Waals surface area contributed by atoms with Gasteiger partial charge >= 0.3 is 6.09 Å². The summed E-state index contributed by atoms with van der Waals surface area (Å²) in [5.41, 5.74) is 2.20. The van der Waals surface area contributed by atoms with Gasteiger partial charge in [0.1, 0.15) is 11.6 Å². The minimum absolute atomic E-state index is 0.0608. The fourth-order valence-electron chi connectivity index (χ4n) is 3.33. The summed E-state index contributed by atoms with van der Waals surface area (Å²) in [6.45, 7) is 0.125. The maximum atomic E-state index is 14.7. The first kappa shape index (κ1) is 22.6. The number of aromatic nitrogens is 2. The molecule has 3 aromatic rings. The van der Waals surface area contributed by atoms with E-state index in [1.54, 1.807) is 36.1 Å². The number of halogens is 2. The van der Waals surface area contributed by atoms with Crippen molar-refractivity contribution in [1.82, 2.24) is 15.1 Å². The van der Waals surface area contributed by atoms with Crippen molar-refractivity contribution in [2.45, 2.75) is 32.4 Å². The standard InChI is InChI=1S/C20H17ClFN5O3.C3H6/c1-26-18-12(9-24-26)10-27(17-5-3-13(21)7-16(17)25-18)19(28)14-4-2-11(6-15(14)22)8-23-20(29)30;1-2-3-1/h2-7,9,23,25H,8,10H2,1H3,(H,29,30);1-3H2. The van der Waals surface area contributed by atoms with Crippen LogP contribution in [0.5, 0.6) is 0 Å². The van der Waals surface area contributed by atoms with Crippen LogP contribution in [0.4, 0.5) is 26.4 Å². The highest BCUT2D eigenvalue weighted by Gasteiger charge is 2.28. The first-order chi connectivity index (χ1) is 15.8. The van der Waals surface area contributed by atoms with Gasteiger partial charge in [0.15, 0.2) is 0 Å². The van der Waals surface area contributed by atoms with Gasteiger partial charge in [-0.05, 0) is 35.9 Å². The van der Waals surface area contributed by atoms with Gasteiger partial charge in [-0.3, -0.25) is 9.48 Å². The van der Waals surface area contributed by atoms with E-state index in [1.807, 2.05) is 0 Å². The number of rotatable bonds is 3. The van der Waals surface area contributed by atoms with Gasteiger partial charge in [-0.1, -0.05) is 36.9 Å². The summed E-state index contributed by atoms with van der Waals surface area (Å²) in [7, 11) is 1.77. The largest absolute Gasteiger partial charge is 0.465 e. The number of anilines is 3. The highest BCUT2D eigenvalue weighted by molar-refractivity contribution is 6.31. The van der Waals surface area contributed by atoms with Crippen molar-refractivity contribution in [3.8, 4) is 0 Å². The molecule has 3 N–H and O–H groups in total. The second kappa shape index (κ2) is 9.50. The number of fused-ring (bicyclic) bond motifs is 2. The summed E-state index contributed by atoms with van der Waals surface area (Å²) >= 11 is 6.14. The van der Waals surface area contributed by atoms with Crippen LogP contribution in [0.2, 0.25) is 5.02 Å². The molecule has 172 valence electrons. The molecule has 1 aliphatic heterocycles. The number of nitrogens with one attached hydrogen (secondary N) is 2. The monoisotopic (exact) mass is 471 g/mol. The van der Waals surface area contributed by atoms with E-state index < -0.39 is 17.8 Å². The summed E-state index contributed by atoms with van der Waals surface area (Å²) in [5.74, 6) is -0.555. The molecule has 2 aliphatic rings. The Kier molecular flexibility index (Phi) is 6.50. The van der Waals surface area contributed by atoms with Crippen LogP contribution >= 0.6 is 11.6 Å². The van der Waals surface area contributed by atoms with E-state index in [1.165, 1.54) is 36.3 Å². The first-order valence-corrected chi connectivity index (χ1v) is 10.9. The number of carbonyl (C=O) groups excluding carboxylic acids is 1. The van der Waals surface area contributed by atoms with Crippen molar-refractivity contribution in [2.75, 3.05) is 10.2 Å². The highest BCUT2D eigenvalue weighted by Crippen LogP contribution is 2.38. The molecule has 1 aliphatic carbocycles. The zero-order valence-electron chi connectivity index (χ0n) is 17.9. The second-order valence-corrected chi connectivity index (χ2v) is 8.29. The van der Waals surface area contributed by atoms with Crippen molar-refractivity contribution >= 4 is 40.8 Å². The Bertz CT molecular complexity index is 1210. The number of hydrogen-bond acceptors (Lipinski definition) is 4. The Morgan fingerprint density at radius 2 is 1.97 bits per heavy atom. The molecular formula is C23H23ClFN5O3. The minimum atomic E-state index is -1.21. The van der Waals surface area contributed by atoms with E-state index in [0.717, 1.165) is 11.6 Å². The van der Waals surface area contributed by atoms with Gasteiger partial charge in [-0.25, -0.2) is 9.18 Å². The lowest BCUT2D eigenvalue weighted by Gasteiger charge is -2.23. The summed E-state index contributed by atoms with van der Waals surface area (Å²) in [6, 6.07) is 9.07. The molecular weight excluding hydrogens is 449 g/mol. The molecule has 0 radical (unpaired) electrons. The van der Waals surface area contributed by atoms with Gasteiger partial charge in [0.05, 0.1) is 29.7 Å². The number of benzene rings is 2. The van der Waals surface area contributed by atoms with Gasteiger partial charge in [-0.2, -0.15) is 5.10 Å². The molecule has 1 aromatic heterocycles. The first-order valence-electron chi connectivity index (χ1n) is 10.5. The third-order valence-electron chi connectivity index (χ3n) is 5.15. The van der Waals surface area contributed by atoms with Gasteiger partial charge in [0, 0.05) is 24.2 Å². The summed E-state index contributed by atoms with van der Waals surface area (Å²) in [4.78, 5) is 25.4. The van der Waals surface area contributed by atoms with Crippen molar-refractivity contribution < 1.29 is 19.1 Å². The molecule has 0 unspecified atom stereocenters. The summed E-state index contributed by atoms with van der Waals surface area (Å²) in [5, 5.41) is 18.8. The third kappa shape index (κ3) is 5.25. The Hall–Kier alpha value is -3.59. The summed E-state index contributed by atoms with van der Waals surface area (Å²) < 4.78 is 16.4. The quantitative estimate of drug-likeness (QED) is 0.496. The van der Waals surface area contributed by atoms with E-state index >= 15 is 0 Å². The highest BCUT2D eigenvalue weighted by atomic mass is 35.5. The maximum Gasteiger partial charge on any atom is 0.404 e. The van der Waals surface area contributed by atoms with Gasteiger partial charge < -0.3 is 20.6 Å².